The third kappa shape index (κ3) is 4.84. The van der Waals surface area contributed by atoms with E-state index in [9.17, 15) is 4.79 Å². The Hall–Kier alpha value is -2.61. The Balaban J connectivity index is 1.48. The Labute approximate surface area is 187 Å². The molecule has 0 radical (unpaired) electrons. The number of nitrogens with zero attached hydrogens (tertiary/aromatic N) is 5. The second-order valence-electron chi connectivity index (χ2n) is 7.85. The predicted octanol–water partition coefficient (Wildman–Crippen LogP) is 3.85. The monoisotopic (exact) mass is 438 g/mol. The van der Waals surface area contributed by atoms with E-state index in [0.29, 0.717) is 13.1 Å². The summed E-state index contributed by atoms with van der Waals surface area (Å²) in [6, 6.07) is 9.95. The van der Waals surface area contributed by atoms with Crippen LogP contribution in [0.1, 0.15) is 44.1 Å². The van der Waals surface area contributed by atoms with Gasteiger partial charge in [0.1, 0.15) is 5.82 Å². The number of aromatic nitrogens is 4. The number of anilines is 1. The van der Waals surface area contributed by atoms with Crippen LogP contribution in [0, 0.1) is 0 Å². The summed E-state index contributed by atoms with van der Waals surface area (Å²) in [5.41, 5.74) is 1.89. The molecule has 0 saturated carbocycles. The van der Waals surface area contributed by atoms with E-state index in [1.54, 1.807) is 11.8 Å². The lowest BCUT2D eigenvalue weighted by molar-refractivity contribution is -0.122. The van der Waals surface area contributed by atoms with Gasteiger partial charge in [0.05, 0.1) is 24.0 Å². The summed E-state index contributed by atoms with van der Waals surface area (Å²) in [5, 5.41) is 9.40. The zero-order valence-electron chi connectivity index (χ0n) is 18.3. The van der Waals surface area contributed by atoms with Crippen LogP contribution in [-0.4, -0.2) is 51.5 Å². The fourth-order valence-corrected chi connectivity index (χ4v) is 4.54. The molecular weight excluding hydrogens is 408 g/mol. The summed E-state index contributed by atoms with van der Waals surface area (Å²) in [7, 11) is 0. The third-order valence-corrected chi connectivity index (χ3v) is 6.39. The Morgan fingerprint density at radius 3 is 2.65 bits per heavy atom. The first-order chi connectivity index (χ1) is 15.2. The molecule has 31 heavy (non-hydrogen) atoms. The molecule has 3 aromatic rings. The molecule has 4 rings (SSSR count). The highest BCUT2D eigenvalue weighted by Gasteiger charge is 2.21. The SMILES string of the molecule is CC[C@@H](C(=O)NCCn1ncc2c(N3CCCCC3)nc(SC)nc21)c1ccccc1. The van der Waals surface area contributed by atoms with Crippen LogP contribution in [0.25, 0.3) is 11.0 Å². The van der Waals surface area contributed by atoms with Crippen molar-refractivity contribution in [2.45, 2.75) is 50.2 Å². The summed E-state index contributed by atoms with van der Waals surface area (Å²) in [6.45, 7) is 5.18. The van der Waals surface area contributed by atoms with E-state index in [0.717, 1.165) is 47.1 Å². The molecule has 164 valence electrons. The summed E-state index contributed by atoms with van der Waals surface area (Å²) in [4.78, 5) is 24.6. The Morgan fingerprint density at radius 2 is 1.94 bits per heavy atom. The molecule has 1 N–H and O–H groups in total. The molecule has 1 aliphatic rings. The van der Waals surface area contributed by atoms with Gasteiger partial charge in [-0.3, -0.25) is 4.79 Å². The van der Waals surface area contributed by atoms with Gasteiger partial charge >= 0.3 is 0 Å². The second-order valence-corrected chi connectivity index (χ2v) is 8.62. The molecule has 2 aromatic heterocycles. The number of fused-ring (bicyclic) bond motifs is 1. The zero-order chi connectivity index (χ0) is 21.6. The Bertz CT molecular complexity index is 1020. The van der Waals surface area contributed by atoms with E-state index in [1.165, 1.54) is 19.3 Å². The van der Waals surface area contributed by atoms with Gasteiger partial charge in [0.15, 0.2) is 10.8 Å². The van der Waals surface area contributed by atoms with Crippen LogP contribution in [0.2, 0.25) is 0 Å². The molecule has 1 saturated heterocycles. The van der Waals surface area contributed by atoms with Gasteiger partial charge in [-0.2, -0.15) is 5.10 Å². The van der Waals surface area contributed by atoms with Crippen molar-refractivity contribution in [3.63, 3.8) is 0 Å². The molecule has 1 aliphatic heterocycles. The standard InChI is InChI=1S/C23H30N6OS/c1-3-18(17-10-6-4-7-11-17)22(30)24-12-15-29-21-19(16-25-29)20(26-23(27-21)31-2)28-13-8-5-9-14-28/h4,6-7,10-11,16,18H,3,5,8-9,12-15H2,1-2H3,(H,24,30)/t18-/m1/s1. The first kappa shape index (κ1) is 21.6. The summed E-state index contributed by atoms with van der Waals surface area (Å²) in [5.74, 6) is 0.907. The molecule has 1 fully saturated rings. The third-order valence-electron chi connectivity index (χ3n) is 5.84. The highest BCUT2D eigenvalue weighted by Crippen LogP contribution is 2.28. The molecule has 1 atom stereocenters. The van der Waals surface area contributed by atoms with Crippen LogP contribution in [-0.2, 0) is 11.3 Å². The molecule has 0 spiro atoms. The molecule has 0 aliphatic carbocycles. The number of amides is 1. The van der Waals surface area contributed by atoms with Gasteiger partial charge in [0.2, 0.25) is 5.91 Å². The fraction of sp³-hybridized carbons (Fsp3) is 0.478. The summed E-state index contributed by atoms with van der Waals surface area (Å²) < 4.78 is 1.88. The molecule has 1 aromatic carbocycles. The average Bonchev–Trinajstić information content (AvgIpc) is 3.23. The number of thioether (sulfide) groups is 1. The second kappa shape index (κ2) is 10.1. The van der Waals surface area contributed by atoms with Crippen LogP contribution >= 0.6 is 11.8 Å². The smallest absolute Gasteiger partial charge is 0.227 e. The topological polar surface area (TPSA) is 75.9 Å². The van der Waals surface area contributed by atoms with Gasteiger partial charge < -0.3 is 10.2 Å². The van der Waals surface area contributed by atoms with E-state index < -0.39 is 0 Å². The minimum Gasteiger partial charge on any atom is -0.356 e. The van der Waals surface area contributed by atoms with Crippen molar-refractivity contribution >= 4 is 34.5 Å². The first-order valence-corrected chi connectivity index (χ1v) is 12.3. The molecule has 3 heterocycles. The van der Waals surface area contributed by atoms with Crippen LogP contribution in [0.15, 0.2) is 41.7 Å². The lowest BCUT2D eigenvalue weighted by atomic mass is 9.96. The number of benzene rings is 1. The lowest BCUT2D eigenvalue weighted by Gasteiger charge is -2.28. The largest absolute Gasteiger partial charge is 0.356 e. The van der Waals surface area contributed by atoms with Crippen LogP contribution in [0.4, 0.5) is 5.82 Å². The maximum Gasteiger partial charge on any atom is 0.227 e. The zero-order valence-corrected chi connectivity index (χ0v) is 19.1. The maximum absolute atomic E-state index is 12.8. The van der Waals surface area contributed by atoms with Crippen molar-refractivity contribution in [2.75, 3.05) is 30.8 Å². The maximum atomic E-state index is 12.8. The Kier molecular flexibility index (Phi) is 7.06. The van der Waals surface area contributed by atoms with Gasteiger partial charge in [-0.25, -0.2) is 14.6 Å². The van der Waals surface area contributed by atoms with Gasteiger partial charge in [0, 0.05) is 19.6 Å². The van der Waals surface area contributed by atoms with Crippen molar-refractivity contribution in [3.8, 4) is 0 Å². The van der Waals surface area contributed by atoms with E-state index >= 15 is 0 Å². The molecule has 1 amide bonds. The van der Waals surface area contributed by atoms with Crippen LogP contribution < -0.4 is 10.2 Å². The number of hydrogen-bond donors (Lipinski definition) is 1. The van der Waals surface area contributed by atoms with Gasteiger partial charge in [-0.05, 0) is 37.5 Å². The number of rotatable bonds is 8. The average molecular weight is 439 g/mol. The minimum absolute atomic E-state index is 0.0543. The summed E-state index contributed by atoms with van der Waals surface area (Å²) >= 11 is 1.55. The minimum atomic E-state index is -0.133. The predicted molar refractivity (Wildman–Crippen MR) is 126 cm³/mol. The number of carbonyl (C=O) groups excluding carboxylic acids is 1. The fourth-order valence-electron chi connectivity index (χ4n) is 4.19. The van der Waals surface area contributed by atoms with Crippen molar-refractivity contribution in [3.05, 3.63) is 42.1 Å². The van der Waals surface area contributed by atoms with E-state index in [4.69, 9.17) is 9.97 Å². The molecule has 0 unspecified atom stereocenters. The molecule has 8 heteroatoms. The van der Waals surface area contributed by atoms with Crippen molar-refractivity contribution in [1.29, 1.82) is 0 Å². The molecule has 7 nitrogen and oxygen atoms in total. The van der Waals surface area contributed by atoms with Crippen molar-refractivity contribution < 1.29 is 4.79 Å². The highest BCUT2D eigenvalue weighted by atomic mass is 32.2. The lowest BCUT2D eigenvalue weighted by Crippen LogP contribution is -2.32. The quantitative estimate of drug-likeness (QED) is 0.425. The molecular formula is C23H30N6OS. The highest BCUT2D eigenvalue weighted by molar-refractivity contribution is 7.98. The van der Waals surface area contributed by atoms with Crippen LogP contribution in [0.5, 0.6) is 0 Å². The van der Waals surface area contributed by atoms with Crippen LogP contribution in [0.3, 0.4) is 0 Å². The van der Waals surface area contributed by atoms with Crippen molar-refractivity contribution in [1.82, 2.24) is 25.1 Å². The summed E-state index contributed by atoms with van der Waals surface area (Å²) in [6.07, 6.45) is 8.30. The number of nitrogens with one attached hydrogen (secondary N) is 1. The van der Waals surface area contributed by atoms with E-state index in [-0.39, 0.29) is 11.8 Å². The van der Waals surface area contributed by atoms with Gasteiger partial charge in [-0.1, -0.05) is 49.0 Å². The van der Waals surface area contributed by atoms with E-state index in [2.05, 4.69) is 15.3 Å². The molecule has 0 bridgehead atoms. The normalized spacial score (nSPS) is 15.2. The van der Waals surface area contributed by atoms with Gasteiger partial charge in [-0.15, -0.1) is 0 Å². The number of carbonyl (C=O) groups is 1. The number of hydrogen-bond acceptors (Lipinski definition) is 6. The van der Waals surface area contributed by atoms with Crippen molar-refractivity contribution in [2.24, 2.45) is 0 Å². The Morgan fingerprint density at radius 1 is 1.16 bits per heavy atom. The number of piperidine rings is 1. The van der Waals surface area contributed by atoms with Gasteiger partial charge in [0.25, 0.3) is 0 Å². The first-order valence-electron chi connectivity index (χ1n) is 11.1. The van der Waals surface area contributed by atoms with E-state index in [1.807, 2.05) is 54.4 Å².